The van der Waals surface area contributed by atoms with Crippen LogP contribution in [0.5, 0.6) is 5.75 Å². The second kappa shape index (κ2) is 7.97. The number of nitrogens with one attached hydrogen (secondary N) is 1. The van der Waals surface area contributed by atoms with E-state index in [1.807, 2.05) is 26.0 Å². The predicted molar refractivity (Wildman–Crippen MR) is 79.7 cm³/mol. The smallest absolute Gasteiger partial charge is 0.122 e. The third kappa shape index (κ3) is 6.41. The van der Waals surface area contributed by atoms with Crippen molar-refractivity contribution in [3.63, 3.8) is 0 Å². The van der Waals surface area contributed by atoms with Crippen molar-refractivity contribution in [2.45, 2.75) is 33.8 Å². The first-order valence-corrected chi connectivity index (χ1v) is 6.71. The van der Waals surface area contributed by atoms with Crippen molar-refractivity contribution >= 4 is 0 Å². The van der Waals surface area contributed by atoms with E-state index < -0.39 is 6.10 Å². The van der Waals surface area contributed by atoms with Crippen LogP contribution < -0.4 is 10.1 Å². The topological polar surface area (TPSA) is 41.5 Å². The van der Waals surface area contributed by atoms with Crippen LogP contribution in [0.2, 0.25) is 0 Å². The highest BCUT2D eigenvalue weighted by Gasteiger charge is 2.06. The Balaban J connectivity index is 2.31. The monoisotopic (exact) mass is 263 g/mol. The molecule has 3 heteroatoms. The van der Waals surface area contributed by atoms with Crippen LogP contribution in [0.3, 0.4) is 0 Å². The number of ether oxygens (including phenoxy) is 1. The van der Waals surface area contributed by atoms with Gasteiger partial charge in [0.25, 0.3) is 0 Å². The molecular weight excluding hydrogens is 238 g/mol. The normalized spacial score (nSPS) is 12.1. The molecule has 0 amide bonds. The van der Waals surface area contributed by atoms with Gasteiger partial charge in [-0.05, 0) is 44.9 Å². The van der Waals surface area contributed by atoms with Crippen molar-refractivity contribution < 1.29 is 9.84 Å². The van der Waals surface area contributed by atoms with Gasteiger partial charge >= 0.3 is 0 Å². The van der Waals surface area contributed by atoms with Crippen molar-refractivity contribution in [1.29, 1.82) is 0 Å². The van der Waals surface area contributed by atoms with Crippen molar-refractivity contribution in [2.24, 2.45) is 0 Å². The summed E-state index contributed by atoms with van der Waals surface area (Å²) in [5.74, 6) is 0.850. The van der Waals surface area contributed by atoms with Gasteiger partial charge in [-0.15, -0.1) is 0 Å². The Hall–Kier alpha value is -1.32. The summed E-state index contributed by atoms with van der Waals surface area (Å²) < 4.78 is 5.65. The van der Waals surface area contributed by atoms with E-state index in [2.05, 4.69) is 31.3 Å². The Kier molecular flexibility index (Phi) is 6.60. The summed E-state index contributed by atoms with van der Waals surface area (Å²) in [6.45, 7) is 9.78. The van der Waals surface area contributed by atoms with Gasteiger partial charge in [0, 0.05) is 13.1 Å². The van der Waals surface area contributed by atoms with E-state index >= 15 is 0 Å². The van der Waals surface area contributed by atoms with Gasteiger partial charge in [-0.25, -0.2) is 0 Å². The maximum atomic E-state index is 9.83. The largest absolute Gasteiger partial charge is 0.491 e. The summed E-state index contributed by atoms with van der Waals surface area (Å²) in [6.07, 6.45) is 1.60. The molecule has 0 saturated heterocycles. The summed E-state index contributed by atoms with van der Waals surface area (Å²) in [5.41, 5.74) is 3.53. The van der Waals surface area contributed by atoms with E-state index in [1.54, 1.807) is 0 Å². The molecule has 0 aliphatic heterocycles. The maximum absolute atomic E-state index is 9.83. The average molecular weight is 263 g/mol. The first-order valence-electron chi connectivity index (χ1n) is 6.71. The minimum atomic E-state index is -0.495. The zero-order valence-electron chi connectivity index (χ0n) is 12.4. The molecule has 1 aromatic carbocycles. The first-order chi connectivity index (χ1) is 8.99. The Morgan fingerprint density at radius 2 is 2.11 bits per heavy atom. The number of rotatable bonds is 7. The third-order valence-corrected chi connectivity index (χ3v) is 2.81. The highest BCUT2D eigenvalue weighted by atomic mass is 16.5. The van der Waals surface area contributed by atoms with E-state index in [1.165, 1.54) is 5.57 Å². The van der Waals surface area contributed by atoms with E-state index in [9.17, 15) is 5.11 Å². The molecule has 0 bridgehead atoms. The van der Waals surface area contributed by atoms with Crippen LogP contribution >= 0.6 is 0 Å². The fourth-order valence-corrected chi connectivity index (χ4v) is 1.63. The lowest BCUT2D eigenvalue weighted by Crippen LogP contribution is -2.31. The summed E-state index contributed by atoms with van der Waals surface area (Å²) in [7, 11) is 0. The molecule has 1 unspecified atom stereocenters. The molecule has 0 heterocycles. The summed E-state index contributed by atoms with van der Waals surface area (Å²) in [4.78, 5) is 0. The molecule has 0 fully saturated rings. The lowest BCUT2D eigenvalue weighted by atomic mass is 10.1. The molecular formula is C16H25NO2. The van der Waals surface area contributed by atoms with Gasteiger partial charge in [-0.2, -0.15) is 0 Å². The number of aryl methyl sites for hydroxylation is 2. The van der Waals surface area contributed by atoms with Crippen molar-refractivity contribution in [3.8, 4) is 5.75 Å². The van der Waals surface area contributed by atoms with E-state index in [0.717, 1.165) is 23.4 Å². The van der Waals surface area contributed by atoms with Gasteiger partial charge in [0.05, 0.1) is 0 Å². The SMILES string of the molecule is CC(C)=CCNCC(O)COc1cc(C)ccc1C. The second-order valence-corrected chi connectivity index (χ2v) is 5.17. The standard InChI is InChI=1S/C16H25NO2/c1-12(2)7-8-17-10-15(18)11-19-16-9-13(3)5-6-14(16)4/h5-7,9,15,17-18H,8,10-11H2,1-4H3. The highest BCUT2D eigenvalue weighted by Crippen LogP contribution is 2.19. The zero-order valence-corrected chi connectivity index (χ0v) is 12.4. The Morgan fingerprint density at radius 3 is 2.79 bits per heavy atom. The van der Waals surface area contributed by atoms with Gasteiger partial charge in [0.2, 0.25) is 0 Å². The quantitative estimate of drug-likeness (QED) is 0.587. The minimum Gasteiger partial charge on any atom is -0.491 e. The van der Waals surface area contributed by atoms with Gasteiger partial charge < -0.3 is 15.2 Å². The number of aliphatic hydroxyl groups is 1. The predicted octanol–water partition coefficient (Wildman–Crippen LogP) is 2.60. The number of hydrogen-bond donors (Lipinski definition) is 2. The van der Waals surface area contributed by atoms with Crippen LogP contribution in [-0.2, 0) is 0 Å². The molecule has 1 aromatic rings. The molecule has 0 saturated carbocycles. The zero-order chi connectivity index (χ0) is 14.3. The lowest BCUT2D eigenvalue weighted by Gasteiger charge is -2.14. The molecule has 1 atom stereocenters. The van der Waals surface area contributed by atoms with Crippen molar-refractivity contribution in [1.82, 2.24) is 5.32 Å². The Labute approximate surface area is 116 Å². The molecule has 0 spiro atoms. The maximum Gasteiger partial charge on any atom is 0.122 e. The van der Waals surface area contributed by atoms with Crippen molar-refractivity contribution in [3.05, 3.63) is 41.0 Å². The number of benzene rings is 1. The van der Waals surface area contributed by atoms with Crippen LogP contribution in [0, 0.1) is 13.8 Å². The molecule has 0 aliphatic rings. The second-order valence-electron chi connectivity index (χ2n) is 5.17. The van der Waals surface area contributed by atoms with Gasteiger partial charge in [0.15, 0.2) is 0 Å². The van der Waals surface area contributed by atoms with E-state index in [-0.39, 0.29) is 0 Å². The first kappa shape index (κ1) is 15.7. The molecule has 106 valence electrons. The van der Waals surface area contributed by atoms with Gasteiger partial charge in [0.1, 0.15) is 18.5 Å². The molecule has 0 aromatic heterocycles. The summed E-state index contributed by atoms with van der Waals surface area (Å²) >= 11 is 0. The molecule has 0 aliphatic carbocycles. The number of hydrogen-bond acceptors (Lipinski definition) is 3. The molecule has 2 N–H and O–H groups in total. The highest BCUT2D eigenvalue weighted by molar-refractivity contribution is 5.35. The van der Waals surface area contributed by atoms with Crippen LogP contribution in [0.1, 0.15) is 25.0 Å². The molecule has 0 radical (unpaired) electrons. The third-order valence-electron chi connectivity index (χ3n) is 2.81. The number of allylic oxidation sites excluding steroid dienone is 1. The average Bonchev–Trinajstić information content (AvgIpc) is 2.35. The fraction of sp³-hybridized carbons (Fsp3) is 0.500. The van der Waals surface area contributed by atoms with Crippen LogP contribution in [0.25, 0.3) is 0 Å². The van der Waals surface area contributed by atoms with E-state index in [4.69, 9.17) is 4.74 Å². The van der Waals surface area contributed by atoms with Crippen LogP contribution in [0.15, 0.2) is 29.8 Å². The van der Waals surface area contributed by atoms with Crippen LogP contribution in [-0.4, -0.2) is 30.9 Å². The van der Waals surface area contributed by atoms with E-state index in [0.29, 0.717) is 13.2 Å². The van der Waals surface area contributed by atoms with Gasteiger partial charge in [-0.1, -0.05) is 23.8 Å². The Bertz CT molecular complexity index is 423. The summed E-state index contributed by atoms with van der Waals surface area (Å²) in [6, 6.07) is 6.09. The fourth-order valence-electron chi connectivity index (χ4n) is 1.63. The molecule has 3 nitrogen and oxygen atoms in total. The minimum absolute atomic E-state index is 0.312. The van der Waals surface area contributed by atoms with Crippen molar-refractivity contribution in [2.75, 3.05) is 19.7 Å². The Morgan fingerprint density at radius 1 is 1.37 bits per heavy atom. The molecule has 19 heavy (non-hydrogen) atoms. The number of aliphatic hydroxyl groups excluding tert-OH is 1. The lowest BCUT2D eigenvalue weighted by molar-refractivity contribution is 0.107. The summed E-state index contributed by atoms with van der Waals surface area (Å²) in [5, 5.41) is 13.0. The molecule has 1 rings (SSSR count). The van der Waals surface area contributed by atoms with Crippen LogP contribution in [0.4, 0.5) is 0 Å². The van der Waals surface area contributed by atoms with Gasteiger partial charge in [-0.3, -0.25) is 0 Å².